The van der Waals surface area contributed by atoms with Crippen LogP contribution < -0.4 is 11.1 Å². The maximum Gasteiger partial charge on any atom is 0.416 e. The van der Waals surface area contributed by atoms with Crippen LogP contribution in [0.3, 0.4) is 0 Å². The maximum atomic E-state index is 12.6. The number of hydrogen-bond donors (Lipinski definition) is 3. The lowest BCUT2D eigenvalue weighted by Gasteiger charge is -2.15. The zero-order chi connectivity index (χ0) is 16.2. The number of carbonyl (C=O) groups excluding carboxylic acids is 1. The molecule has 1 unspecified atom stereocenters. The highest BCUT2D eigenvalue weighted by atomic mass is 19.4. The molecule has 4 N–H and O–H groups in total. The fourth-order valence-electron chi connectivity index (χ4n) is 1.63. The number of carboxylic acid groups (broad SMARTS) is 1. The summed E-state index contributed by atoms with van der Waals surface area (Å²) in [4.78, 5) is 22.1. The quantitative estimate of drug-likeness (QED) is 0.771. The SMILES string of the molecule is C[C@H](NC(=O)CC(N)c1cccc(C(F)(F)F)c1)C(=O)O. The molecule has 0 saturated carbocycles. The van der Waals surface area contributed by atoms with Crippen molar-refractivity contribution in [1.82, 2.24) is 5.32 Å². The number of benzene rings is 1. The first kappa shape index (κ1) is 17.0. The molecule has 0 spiro atoms. The van der Waals surface area contributed by atoms with Gasteiger partial charge in [-0.3, -0.25) is 9.59 Å². The van der Waals surface area contributed by atoms with Gasteiger partial charge in [0.1, 0.15) is 6.04 Å². The van der Waals surface area contributed by atoms with Crippen LogP contribution in [0.1, 0.15) is 30.5 Å². The van der Waals surface area contributed by atoms with Gasteiger partial charge in [-0.25, -0.2) is 0 Å². The summed E-state index contributed by atoms with van der Waals surface area (Å²) in [6.45, 7) is 1.27. The summed E-state index contributed by atoms with van der Waals surface area (Å²) >= 11 is 0. The van der Waals surface area contributed by atoms with E-state index in [0.29, 0.717) is 0 Å². The van der Waals surface area contributed by atoms with E-state index in [2.05, 4.69) is 5.32 Å². The number of aliphatic carboxylic acids is 1. The van der Waals surface area contributed by atoms with Crippen molar-refractivity contribution in [2.24, 2.45) is 5.73 Å². The number of rotatable bonds is 5. The van der Waals surface area contributed by atoms with Gasteiger partial charge in [-0.15, -0.1) is 0 Å². The van der Waals surface area contributed by atoms with Gasteiger partial charge >= 0.3 is 12.1 Å². The molecule has 1 aromatic carbocycles. The molecule has 0 fully saturated rings. The second kappa shape index (κ2) is 6.57. The van der Waals surface area contributed by atoms with Crippen LogP contribution in [-0.4, -0.2) is 23.0 Å². The topological polar surface area (TPSA) is 92.4 Å². The molecule has 21 heavy (non-hydrogen) atoms. The van der Waals surface area contributed by atoms with Crippen molar-refractivity contribution in [3.05, 3.63) is 35.4 Å². The van der Waals surface area contributed by atoms with Gasteiger partial charge in [0.15, 0.2) is 0 Å². The Balaban J connectivity index is 2.74. The van der Waals surface area contributed by atoms with Gasteiger partial charge in [0, 0.05) is 12.5 Å². The van der Waals surface area contributed by atoms with Crippen molar-refractivity contribution in [3.63, 3.8) is 0 Å². The van der Waals surface area contributed by atoms with Gasteiger partial charge in [-0.05, 0) is 24.6 Å². The standard InChI is InChI=1S/C13H15F3N2O3/c1-7(12(20)21)18-11(19)6-10(17)8-3-2-4-9(5-8)13(14,15)16/h2-5,7,10H,6,17H2,1H3,(H,18,19)(H,20,21)/t7-,10?/m0/s1. The van der Waals surface area contributed by atoms with Crippen molar-refractivity contribution >= 4 is 11.9 Å². The summed E-state index contributed by atoms with van der Waals surface area (Å²) in [6.07, 6.45) is -4.80. The molecule has 0 bridgehead atoms. The molecule has 0 aliphatic carbocycles. The first-order chi connectivity index (χ1) is 9.61. The zero-order valence-corrected chi connectivity index (χ0v) is 11.1. The molecule has 0 aromatic heterocycles. The van der Waals surface area contributed by atoms with E-state index in [1.54, 1.807) is 0 Å². The number of halogens is 3. The van der Waals surface area contributed by atoms with E-state index in [1.807, 2.05) is 0 Å². The smallest absolute Gasteiger partial charge is 0.416 e. The summed E-state index contributed by atoms with van der Waals surface area (Å²) in [6, 6.07) is 2.32. The number of hydrogen-bond acceptors (Lipinski definition) is 3. The molecule has 116 valence electrons. The first-order valence-corrected chi connectivity index (χ1v) is 6.06. The van der Waals surface area contributed by atoms with Gasteiger partial charge in [0.05, 0.1) is 5.56 Å². The predicted molar refractivity (Wildman–Crippen MR) is 68.2 cm³/mol. The number of carbonyl (C=O) groups is 2. The zero-order valence-electron chi connectivity index (χ0n) is 11.1. The molecule has 1 aromatic rings. The summed E-state index contributed by atoms with van der Waals surface area (Å²) in [5.41, 5.74) is 4.99. The monoisotopic (exact) mass is 304 g/mol. The maximum absolute atomic E-state index is 12.6. The van der Waals surface area contributed by atoms with Crippen molar-refractivity contribution in [3.8, 4) is 0 Å². The van der Waals surface area contributed by atoms with E-state index in [9.17, 15) is 22.8 Å². The average Bonchev–Trinajstić information content (AvgIpc) is 2.37. The Bertz CT molecular complexity index is 532. The second-order valence-electron chi connectivity index (χ2n) is 4.56. The number of nitrogens with two attached hydrogens (primary N) is 1. The fraction of sp³-hybridized carbons (Fsp3) is 0.385. The molecule has 8 heteroatoms. The molecule has 0 aliphatic heterocycles. The lowest BCUT2D eigenvalue weighted by Crippen LogP contribution is -2.39. The van der Waals surface area contributed by atoms with Crippen LogP contribution in [0.25, 0.3) is 0 Å². The molecular weight excluding hydrogens is 289 g/mol. The average molecular weight is 304 g/mol. The highest BCUT2D eigenvalue weighted by molar-refractivity contribution is 5.83. The minimum atomic E-state index is -4.49. The van der Waals surface area contributed by atoms with Crippen LogP contribution in [-0.2, 0) is 15.8 Å². The normalized spacial score (nSPS) is 14.3. The Kier molecular flexibility index (Phi) is 5.31. The fourth-order valence-corrected chi connectivity index (χ4v) is 1.63. The van der Waals surface area contributed by atoms with E-state index in [4.69, 9.17) is 10.8 Å². The summed E-state index contributed by atoms with van der Waals surface area (Å²) in [5.74, 6) is -1.86. The Hall–Kier alpha value is -2.09. The number of alkyl halides is 3. The molecule has 1 amide bonds. The minimum absolute atomic E-state index is 0.156. The van der Waals surface area contributed by atoms with Crippen LogP contribution in [0.5, 0.6) is 0 Å². The highest BCUT2D eigenvalue weighted by Crippen LogP contribution is 2.30. The van der Waals surface area contributed by atoms with Crippen LogP contribution in [0.4, 0.5) is 13.2 Å². The number of amides is 1. The molecule has 0 saturated heterocycles. The summed E-state index contributed by atoms with van der Waals surface area (Å²) in [7, 11) is 0. The van der Waals surface area contributed by atoms with Crippen LogP contribution in [0.2, 0.25) is 0 Å². The van der Waals surface area contributed by atoms with Crippen LogP contribution >= 0.6 is 0 Å². The largest absolute Gasteiger partial charge is 0.480 e. The molecule has 0 aliphatic rings. The van der Waals surface area contributed by atoms with Gasteiger partial charge in [0.2, 0.25) is 5.91 Å². The van der Waals surface area contributed by atoms with Gasteiger partial charge < -0.3 is 16.2 Å². The second-order valence-corrected chi connectivity index (χ2v) is 4.56. The molecule has 5 nitrogen and oxygen atoms in total. The molecule has 1 rings (SSSR count). The van der Waals surface area contributed by atoms with E-state index < -0.39 is 35.7 Å². The molecule has 0 radical (unpaired) electrons. The van der Waals surface area contributed by atoms with E-state index in [0.717, 1.165) is 12.1 Å². The lowest BCUT2D eigenvalue weighted by molar-refractivity contribution is -0.141. The van der Waals surface area contributed by atoms with Gasteiger partial charge in [0.25, 0.3) is 0 Å². The van der Waals surface area contributed by atoms with Crippen molar-refractivity contribution in [2.45, 2.75) is 31.6 Å². The first-order valence-electron chi connectivity index (χ1n) is 6.06. The molecular formula is C13H15F3N2O3. The third-order valence-corrected chi connectivity index (χ3v) is 2.80. The van der Waals surface area contributed by atoms with Crippen molar-refractivity contribution in [2.75, 3.05) is 0 Å². The van der Waals surface area contributed by atoms with E-state index >= 15 is 0 Å². The Labute approximate surface area is 118 Å². The van der Waals surface area contributed by atoms with Crippen molar-refractivity contribution < 1.29 is 27.9 Å². The summed E-state index contributed by atoms with van der Waals surface area (Å²) < 4.78 is 37.7. The number of nitrogens with one attached hydrogen (secondary N) is 1. The molecule has 2 atom stereocenters. The third-order valence-electron chi connectivity index (χ3n) is 2.80. The summed E-state index contributed by atoms with van der Waals surface area (Å²) in [5, 5.41) is 10.8. The van der Waals surface area contributed by atoms with E-state index in [-0.39, 0.29) is 12.0 Å². The van der Waals surface area contributed by atoms with Gasteiger partial charge in [-0.1, -0.05) is 12.1 Å². The van der Waals surface area contributed by atoms with Crippen LogP contribution in [0.15, 0.2) is 24.3 Å². The number of carboxylic acids is 1. The van der Waals surface area contributed by atoms with Crippen molar-refractivity contribution in [1.29, 1.82) is 0 Å². The predicted octanol–water partition coefficient (Wildman–Crippen LogP) is 1.68. The minimum Gasteiger partial charge on any atom is -0.480 e. The van der Waals surface area contributed by atoms with E-state index in [1.165, 1.54) is 19.1 Å². The Morgan fingerprint density at radius 1 is 1.38 bits per heavy atom. The van der Waals surface area contributed by atoms with Crippen LogP contribution in [0, 0.1) is 0 Å². The molecule has 0 heterocycles. The highest BCUT2D eigenvalue weighted by Gasteiger charge is 2.30. The van der Waals surface area contributed by atoms with Gasteiger partial charge in [-0.2, -0.15) is 13.2 Å². The third kappa shape index (κ3) is 5.07. The Morgan fingerprint density at radius 2 is 2.00 bits per heavy atom. The lowest BCUT2D eigenvalue weighted by atomic mass is 10.0. The Morgan fingerprint density at radius 3 is 2.52 bits per heavy atom.